The molecule has 1 N–H and O–H groups in total. The van der Waals surface area contributed by atoms with Gasteiger partial charge in [-0.25, -0.2) is 8.78 Å². The summed E-state index contributed by atoms with van der Waals surface area (Å²) in [4.78, 5) is 32.8. The van der Waals surface area contributed by atoms with Crippen LogP contribution in [0.4, 0.5) is 8.78 Å². The molecule has 8 atom stereocenters. The van der Waals surface area contributed by atoms with E-state index < -0.39 is 74.3 Å². The van der Waals surface area contributed by atoms with Gasteiger partial charge in [0.05, 0.1) is 12.4 Å². The first-order valence-electron chi connectivity index (χ1n) is 15.0. The van der Waals surface area contributed by atoms with E-state index in [1.54, 1.807) is 18.9 Å². The van der Waals surface area contributed by atoms with Crippen molar-refractivity contribution in [2.45, 2.75) is 69.7 Å². The van der Waals surface area contributed by atoms with Crippen molar-refractivity contribution in [2.24, 2.45) is 28.6 Å². The fraction of sp³-hybridized carbons (Fsp3) is 0.625. The van der Waals surface area contributed by atoms with Crippen LogP contribution in [0.5, 0.6) is 0 Å². The third-order valence-corrected chi connectivity index (χ3v) is 11.8. The van der Waals surface area contributed by atoms with Crippen LogP contribution in [-0.2, 0) is 35.1 Å². The molecule has 3 fully saturated rings. The van der Waals surface area contributed by atoms with E-state index in [2.05, 4.69) is 0 Å². The summed E-state index contributed by atoms with van der Waals surface area (Å²) in [5, 5.41) is 13.4. The van der Waals surface area contributed by atoms with E-state index in [-0.39, 0.29) is 30.6 Å². The number of aliphatic hydroxyl groups excluding tert-OH is 1. The number of nitrogens with zero attached hydrogens (tertiary/aromatic N) is 1. The molecule has 1 aliphatic heterocycles. The Balaban J connectivity index is 1.35. The number of rotatable bonds is 8. The molecule has 2 saturated carbocycles. The number of hydrogen-bond acceptors (Lipinski definition) is 8. The number of carbonyl (C=O) groups excluding carboxylic acids is 2. The molecule has 0 radical (unpaired) electrons. The van der Waals surface area contributed by atoms with Crippen molar-refractivity contribution in [3.8, 4) is 0 Å². The van der Waals surface area contributed by atoms with E-state index in [4.69, 9.17) is 9.02 Å². The summed E-state index contributed by atoms with van der Waals surface area (Å²) < 4.78 is 62.0. The van der Waals surface area contributed by atoms with Gasteiger partial charge in [0.2, 0.25) is 0 Å². The highest BCUT2D eigenvalue weighted by molar-refractivity contribution is 7.86. The van der Waals surface area contributed by atoms with E-state index in [9.17, 15) is 23.1 Å². The zero-order chi connectivity index (χ0) is 31.0. The van der Waals surface area contributed by atoms with Gasteiger partial charge in [-0.15, -0.1) is 0 Å². The summed E-state index contributed by atoms with van der Waals surface area (Å²) in [7, 11) is -3.95. The van der Waals surface area contributed by atoms with Crippen LogP contribution in [0.1, 0.15) is 51.5 Å². The van der Waals surface area contributed by atoms with Crippen LogP contribution in [0.3, 0.4) is 0 Å². The number of halogens is 2. The van der Waals surface area contributed by atoms with E-state index in [1.807, 2.05) is 30.3 Å². The molecule has 1 aromatic carbocycles. The van der Waals surface area contributed by atoms with Crippen molar-refractivity contribution in [1.29, 1.82) is 0 Å². The van der Waals surface area contributed by atoms with Gasteiger partial charge in [-0.05, 0) is 55.7 Å². The molecule has 0 aromatic heterocycles. The minimum Gasteiger partial charge on any atom is -0.390 e. The molecular formula is C32H39F2NO7S. The molecule has 4 aliphatic carbocycles. The second-order valence-electron chi connectivity index (χ2n) is 13.5. The topological polar surface area (TPSA) is 110 Å². The number of hydrogen-bond donors (Lipinski definition) is 1. The average Bonchev–Trinajstić information content (AvgIpc) is 3.43. The van der Waals surface area contributed by atoms with E-state index >= 15 is 8.78 Å². The number of hydroxylamine groups is 2. The van der Waals surface area contributed by atoms with Crippen LogP contribution in [0.25, 0.3) is 0 Å². The largest absolute Gasteiger partial charge is 0.390 e. The number of carbonyl (C=O) groups is 2. The normalized spacial score (nSPS) is 40.7. The lowest BCUT2D eigenvalue weighted by atomic mass is 9.45. The van der Waals surface area contributed by atoms with Crippen LogP contribution in [0, 0.1) is 28.6 Å². The first-order chi connectivity index (χ1) is 20.2. The Morgan fingerprint density at radius 1 is 1.21 bits per heavy atom. The van der Waals surface area contributed by atoms with Crippen LogP contribution < -0.4 is 0 Å². The molecule has 0 amide bonds. The summed E-state index contributed by atoms with van der Waals surface area (Å²) >= 11 is 0. The zero-order valence-electron chi connectivity index (χ0n) is 24.7. The van der Waals surface area contributed by atoms with Gasteiger partial charge in [0, 0.05) is 48.6 Å². The molecule has 0 bridgehead atoms. The summed E-state index contributed by atoms with van der Waals surface area (Å²) in [6, 6.07) is 9.95. The van der Waals surface area contributed by atoms with Crippen molar-refractivity contribution in [1.82, 2.24) is 5.06 Å². The Morgan fingerprint density at radius 2 is 1.93 bits per heavy atom. The lowest BCUT2D eigenvalue weighted by Crippen LogP contribution is -2.69. The van der Waals surface area contributed by atoms with Crippen molar-refractivity contribution in [3.63, 3.8) is 0 Å². The Hall–Kier alpha value is -2.31. The fourth-order valence-electron chi connectivity index (χ4n) is 9.30. The van der Waals surface area contributed by atoms with Crippen LogP contribution in [-0.4, -0.2) is 73.5 Å². The molecule has 1 saturated heterocycles. The molecule has 8 nitrogen and oxygen atoms in total. The second-order valence-corrected chi connectivity index (χ2v) is 15.2. The SMILES string of the molecule is C[C@]12C=CC(=O)CC1=C(F)C[C@H]1[C@@H]3C[C@H]4CN(CCCc5ccccc5)O[C@@]4(C(=O)COS(C)(=O)=O)[C@@]3(C)C[C@H](O)[C@@]12F. The highest BCUT2D eigenvalue weighted by atomic mass is 32.2. The Morgan fingerprint density at radius 3 is 2.63 bits per heavy atom. The molecule has 0 unspecified atom stereocenters. The third-order valence-electron chi connectivity index (χ3n) is 11.2. The smallest absolute Gasteiger partial charge is 0.264 e. The minimum atomic E-state index is -3.95. The molecule has 0 spiro atoms. The number of alkyl halides is 1. The first-order valence-corrected chi connectivity index (χ1v) is 16.8. The first kappa shape index (κ1) is 30.7. The van der Waals surface area contributed by atoms with Gasteiger partial charge >= 0.3 is 0 Å². The maximum atomic E-state index is 17.6. The third kappa shape index (κ3) is 4.52. The van der Waals surface area contributed by atoms with Gasteiger partial charge in [-0.3, -0.25) is 18.6 Å². The highest BCUT2D eigenvalue weighted by Crippen LogP contribution is 2.72. The second kappa shape index (κ2) is 10.4. The van der Waals surface area contributed by atoms with Gasteiger partial charge in [-0.1, -0.05) is 43.3 Å². The molecule has 1 heterocycles. The lowest BCUT2D eigenvalue weighted by Gasteiger charge is -2.62. The Bertz CT molecular complexity index is 1500. The van der Waals surface area contributed by atoms with Gasteiger partial charge in [0.25, 0.3) is 10.1 Å². The van der Waals surface area contributed by atoms with Crippen molar-refractivity contribution >= 4 is 21.7 Å². The summed E-state index contributed by atoms with van der Waals surface area (Å²) in [5.41, 5.74) is -5.29. The van der Waals surface area contributed by atoms with Gasteiger partial charge in [0.1, 0.15) is 12.4 Å². The molecule has 1 aromatic rings. The van der Waals surface area contributed by atoms with Gasteiger partial charge < -0.3 is 5.11 Å². The van der Waals surface area contributed by atoms with Crippen LogP contribution >= 0.6 is 0 Å². The van der Waals surface area contributed by atoms with E-state index in [0.29, 0.717) is 19.5 Å². The Labute approximate surface area is 251 Å². The summed E-state index contributed by atoms with van der Waals surface area (Å²) in [6.07, 6.45) is 3.11. The number of Topliss-reactive ketones (excluding diaryl/α,β-unsaturated/α-hetero) is 1. The predicted octanol–water partition coefficient (Wildman–Crippen LogP) is 4.04. The molecular weight excluding hydrogens is 580 g/mol. The van der Waals surface area contributed by atoms with Crippen molar-refractivity contribution < 1.29 is 40.9 Å². The minimum absolute atomic E-state index is 0.0766. The Kier molecular flexibility index (Phi) is 7.41. The van der Waals surface area contributed by atoms with E-state index in [0.717, 1.165) is 24.7 Å². The molecule has 43 heavy (non-hydrogen) atoms. The maximum Gasteiger partial charge on any atom is 0.264 e. The van der Waals surface area contributed by atoms with E-state index in [1.165, 1.54) is 12.2 Å². The number of aryl methyl sites for hydroxylation is 1. The zero-order valence-corrected chi connectivity index (χ0v) is 25.5. The van der Waals surface area contributed by atoms with Crippen molar-refractivity contribution in [3.05, 3.63) is 59.4 Å². The quantitative estimate of drug-likeness (QED) is 0.435. The fourth-order valence-corrected chi connectivity index (χ4v) is 9.62. The molecule has 234 valence electrons. The van der Waals surface area contributed by atoms with Crippen LogP contribution in [0.2, 0.25) is 0 Å². The van der Waals surface area contributed by atoms with Crippen LogP contribution in [0.15, 0.2) is 53.9 Å². The predicted molar refractivity (Wildman–Crippen MR) is 153 cm³/mol. The number of allylic oxidation sites excluding steroid dienone is 4. The summed E-state index contributed by atoms with van der Waals surface area (Å²) in [6.45, 7) is 3.43. The molecule has 11 heteroatoms. The number of benzene rings is 1. The number of aliphatic hydroxyl groups is 1. The average molecular weight is 620 g/mol. The van der Waals surface area contributed by atoms with Gasteiger partial charge in [-0.2, -0.15) is 13.5 Å². The van der Waals surface area contributed by atoms with Crippen molar-refractivity contribution in [2.75, 3.05) is 26.0 Å². The number of ketones is 2. The standard InChI is InChI=1S/C32H39F2NO7S/c1-29-12-11-22(36)15-25(29)26(33)16-24-23-14-21-18-35(13-7-10-20-8-5-4-6-9-20)42-32(21,28(38)19-41-43(3,39)40)30(23,2)17-27(37)31(24,29)34/h4-6,8-9,11-12,21,23-24,27,37H,7,10,13-19H2,1-3H3/t21-,23-,24-,27-,29-,30-,31-,32-/m0/s1. The number of fused-ring (bicyclic) bond motifs is 7. The molecule has 5 aliphatic rings. The molecule has 6 rings (SSSR count). The summed E-state index contributed by atoms with van der Waals surface area (Å²) in [5.74, 6) is -3.44. The lowest BCUT2D eigenvalue weighted by molar-refractivity contribution is -0.264. The monoisotopic (exact) mass is 619 g/mol. The maximum absolute atomic E-state index is 17.6. The van der Waals surface area contributed by atoms with Gasteiger partial charge in [0.15, 0.2) is 22.8 Å². The highest BCUT2D eigenvalue weighted by Gasteiger charge is 2.79.